The number of allylic oxidation sites excluding steroid dienone is 7. The molecule has 3 atom stereocenters. The molecule has 0 saturated heterocycles. The minimum atomic E-state index is -4.35. The van der Waals surface area contributed by atoms with Gasteiger partial charge >= 0.3 is 7.82 Å². The van der Waals surface area contributed by atoms with E-state index in [2.05, 4.69) is 55.6 Å². The highest BCUT2D eigenvalue weighted by Crippen LogP contribution is 2.43. The highest BCUT2D eigenvalue weighted by Gasteiger charge is 2.28. The molecule has 0 aliphatic rings. The lowest BCUT2D eigenvalue weighted by atomic mass is 10.0. The van der Waals surface area contributed by atoms with Gasteiger partial charge in [0.15, 0.2) is 0 Å². The number of unbranched alkanes of at least 4 members (excludes halogenated alkanes) is 47. The van der Waals surface area contributed by atoms with Crippen molar-refractivity contribution in [2.75, 3.05) is 40.9 Å². The molecule has 0 spiro atoms. The van der Waals surface area contributed by atoms with Crippen LogP contribution in [-0.4, -0.2) is 73.4 Å². The summed E-state index contributed by atoms with van der Waals surface area (Å²) in [5, 5.41) is 14.0. The van der Waals surface area contributed by atoms with E-state index in [1.165, 1.54) is 283 Å². The van der Waals surface area contributed by atoms with E-state index < -0.39 is 20.0 Å². The molecular weight excluding hydrogens is 1020 g/mol. The minimum absolute atomic E-state index is 0.0630. The van der Waals surface area contributed by atoms with Crippen LogP contribution in [0.25, 0.3) is 0 Å². The SMILES string of the molecule is CCCCCCC/C=C\C/C=C\C/C=C\CCCCCCCCCCCCCCCCCCCCCCC(=O)NC(COP(=O)(O)OCC[N+](C)(C)C)C(O)/C=C/CCCCCCCCCCCCCCCCCCCCCCCC. The lowest BCUT2D eigenvalue weighted by molar-refractivity contribution is -0.870. The van der Waals surface area contributed by atoms with E-state index in [1.807, 2.05) is 27.2 Å². The van der Waals surface area contributed by atoms with Gasteiger partial charge in [-0.3, -0.25) is 13.8 Å². The maximum absolute atomic E-state index is 13.1. The number of nitrogens with one attached hydrogen (secondary N) is 1. The van der Waals surface area contributed by atoms with E-state index >= 15 is 0 Å². The predicted molar refractivity (Wildman–Crippen MR) is 355 cm³/mol. The Kier molecular flexibility index (Phi) is 61.8. The Bertz CT molecular complexity index is 1460. The monoisotopic (exact) mass is 1160 g/mol. The van der Waals surface area contributed by atoms with Crippen LogP contribution in [0.15, 0.2) is 48.6 Å². The molecule has 0 radical (unpaired) electrons. The smallest absolute Gasteiger partial charge is 0.387 e. The number of phosphoric ester groups is 1. The zero-order chi connectivity index (χ0) is 59.1. The second-order valence-electron chi connectivity index (χ2n) is 25.6. The lowest BCUT2D eigenvalue weighted by Crippen LogP contribution is -2.45. The number of amides is 1. The van der Waals surface area contributed by atoms with Gasteiger partial charge in [0, 0.05) is 6.42 Å². The van der Waals surface area contributed by atoms with Crippen LogP contribution < -0.4 is 5.32 Å². The third-order valence-electron chi connectivity index (χ3n) is 16.3. The number of likely N-dealkylation sites (N-methyl/N-ethyl adjacent to an activating group) is 1. The molecule has 0 aromatic heterocycles. The second kappa shape index (κ2) is 63.0. The fourth-order valence-electron chi connectivity index (χ4n) is 10.8. The first kappa shape index (κ1) is 79.5. The Morgan fingerprint density at radius 1 is 0.420 bits per heavy atom. The van der Waals surface area contributed by atoms with E-state index in [4.69, 9.17) is 9.05 Å². The largest absolute Gasteiger partial charge is 0.472 e. The molecule has 81 heavy (non-hydrogen) atoms. The fraction of sp³-hybridized carbons (Fsp3) is 0.875. The summed E-state index contributed by atoms with van der Waals surface area (Å²) in [4.78, 5) is 23.4. The topological polar surface area (TPSA) is 105 Å². The summed E-state index contributed by atoms with van der Waals surface area (Å²) >= 11 is 0. The van der Waals surface area contributed by atoms with Gasteiger partial charge < -0.3 is 19.8 Å². The van der Waals surface area contributed by atoms with E-state index in [0.717, 1.165) is 51.4 Å². The molecule has 0 aliphatic heterocycles. The predicted octanol–water partition coefficient (Wildman–Crippen LogP) is 22.6. The highest BCUT2D eigenvalue weighted by atomic mass is 31.2. The molecule has 0 fully saturated rings. The summed E-state index contributed by atoms with van der Waals surface area (Å²) in [6, 6.07) is -0.847. The number of aliphatic hydroxyl groups excluding tert-OH is 1. The Hall–Kier alpha value is -1.54. The van der Waals surface area contributed by atoms with Crippen LogP contribution in [0.1, 0.15) is 354 Å². The number of hydrogen-bond donors (Lipinski definition) is 3. The molecule has 0 rings (SSSR count). The number of nitrogens with zero attached hydrogens (tertiary/aromatic N) is 1. The number of carbonyl (C=O) groups excluding carboxylic acids is 1. The van der Waals surface area contributed by atoms with Gasteiger partial charge in [-0.1, -0.05) is 339 Å². The molecule has 0 aromatic carbocycles. The van der Waals surface area contributed by atoms with Crippen molar-refractivity contribution in [2.24, 2.45) is 0 Å². The van der Waals surface area contributed by atoms with Crippen molar-refractivity contribution in [1.82, 2.24) is 5.32 Å². The van der Waals surface area contributed by atoms with Gasteiger partial charge in [0.05, 0.1) is 39.9 Å². The van der Waals surface area contributed by atoms with E-state index in [0.29, 0.717) is 17.4 Å². The van der Waals surface area contributed by atoms with Gasteiger partial charge in [-0.25, -0.2) is 4.57 Å². The van der Waals surface area contributed by atoms with Crippen LogP contribution in [0, 0.1) is 0 Å². The molecule has 478 valence electrons. The minimum Gasteiger partial charge on any atom is -0.387 e. The van der Waals surface area contributed by atoms with Gasteiger partial charge in [0.25, 0.3) is 0 Å². The number of aliphatic hydroxyl groups is 1. The summed E-state index contributed by atoms with van der Waals surface area (Å²) in [6.07, 6.45) is 85.4. The number of quaternary nitrogens is 1. The zero-order valence-corrected chi connectivity index (χ0v) is 55.7. The quantitative estimate of drug-likeness (QED) is 0.0243. The molecule has 3 N–H and O–H groups in total. The number of hydrogen-bond acceptors (Lipinski definition) is 5. The molecule has 0 heterocycles. The molecule has 8 nitrogen and oxygen atoms in total. The summed E-state index contributed by atoms with van der Waals surface area (Å²) < 4.78 is 23.8. The summed E-state index contributed by atoms with van der Waals surface area (Å²) in [7, 11) is 1.59. The standard InChI is InChI=1S/C72H139N2O6P/c1-6-8-10-12-14-16-18-20-22-24-26-28-30-32-33-34-35-36-37-38-39-40-41-42-44-46-48-50-52-54-56-58-60-62-64-66-72(76)73-70(69-80-81(77,78)79-68-67-74(3,4)5)71(75)65-63-61-59-57-55-53-51-49-47-45-43-31-29-27-25-23-21-19-17-15-13-11-9-7-2/h18,20,24,26,30,32,63,65,70-71,75H,6-17,19,21-23,25,27-29,31,33-62,64,66-69H2,1-5H3,(H-,73,76,77,78)/p+1/b20-18-,26-24-,32-30-,65-63+. The molecule has 0 bridgehead atoms. The van der Waals surface area contributed by atoms with Crippen LogP contribution in [0.5, 0.6) is 0 Å². The molecule has 0 saturated carbocycles. The summed E-state index contributed by atoms with van der Waals surface area (Å²) in [5.41, 5.74) is 0. The maximum Gasteiger partial charge on any atom is 0.472 e. The molecule has 9 heteroatoms. The number of carbonyl (C=O) groups is 1. The van der Waals surface area contributed by atoms with Gasteiger partial charge in [-0.2, -0.15) is 0 Å². The second-order valence-corrected chi connectivity index (χ2v) is 27.1. The van der Waals surface area contributed by atoms with Crippen molar-refractivity contribution in [3.05, 3.63) is 48.6 Å². The molecule has 0 aliphatic carbocycles. The Morgan fingerprint density at radius 2 is 0.704 bits per heavy atom. The zero-order valence-electron chi connectivity index (χ0n) is 54.8. The van der Waals surface area contributed by atoms with Gasteiger partial charge in [-0.15, -0.1) is 0 Å². The lowest BCUT2D eigenvalue weighted by Gasteiger charge is -2.25. The highest BCUT2D eigenvalue weighted by molar-refractivity contribution is 7.47. The molecule has 3 unspecified atom stereocenters. The van der Waals surface area contributed by atoms with Crippen LogP contribution in [0.4, 0.5) is 0 Å². The van der Waals surface area contributed by atoms with Crippen molar-refractivity contribution >= 4 is 13.7 Å². The van der Waals surface area contributed by atoms with Crippen LogP contribution in [0.3, 0.4) is 0 Å². The normalized spacial score (nSPS) is 13.9. The van der Waals surface area contributed by atoms with Crippen LogP contribution in [0.2, 0.25) is 0 Å². The van der Waals surface area contributed by atoms with E-state index in [9.17, 15) is 19.4 Å². The van der Waals surface area contributed by atoms with Crippen LogP contribution >= 0.6 is 7.82 Å². The third kappa shape index (κ3) is 65.9. The third-order valence-corrected chi connectivity index (χ3v) is 17.3. The van der Waals surface area contributed by atoms with Crippen molar-refractivity contribution in [3.8, 4) is 0 Å². The van der Waals surface area contributed by atoms with Crippen molar-refractivity contribution < 1.29 is 32.9 Å². The number of rotatable bonds is 66. The van der Waals surface area contributed by atoms with E-state index in [-0.39, 0.29) is 19.1 Å². The Morgan fingerprint density at radius 3 is 1.02 bits per heavy atom. The van der Waals surface area contributed by atoms with Crippen molar-refractivity contribution in [1.29, 1.82) is 0 Å². The molecular formula is C72H140N2O6P+. The first-order valence-electron chi connectivity index (χ1n) is 35.5. The average molecular weight is 1160 g/mol. The first-order chi connectivity index (χ1) is 39.5. The summed E-state index contributed by atoms with van der Waals surface area (Å²) in [6.45, 7) is 4.86. The van der Waals surface area contributed by atoms with E-state index in [1.54, 1.807) is 6.08 Å². The van der Waals surface area contributed by atoms with Gasteiger partial charge in [0.1, 0.15) is 13.2 Å². The van der Waals surface area contributed by atoms with Crippen molar-refractivity contribution in [2.45, 2.75) is 366 Å². The number of phosphoric acid groups is 1. The fourth-order valence-corrected chi connectivity index (χ4v) is 11.5. The van der Waals surface area contributed by atoms with Crippen LogP contribution in [-0.2, 0) is 18.4 Å². The first-order valence-corrected chi connectivity index (χ1v) is 37.0. The summed E-state index contributed by atoms with van der Waals surface area (Å²) in [5.74, 6) is -0.170. The Labute approximate surface area is 505 Å². The average Bonchev–Trinajstić information content (AvgIpc) is 3.43. The maximum atomic E-state index is 13.1. The van der Waals surface area contributed by atoms with Gasteiger partial charge in [-0.05, 0) is 57.8 Å². The Balaban J connectivity index is 4.01. The molecule has 1 amide bonds. The van der Waals surface area contributed by atoms with Crippen molar-refractivity contribution in [3.63, 3.8) is 0 Å². The van der Waals surface area contributed by atoms with Gasteiger partial charge in [0.2, 0.25) is 5.91 Å². The molecule has 0 aromatic rings.